The molecule has 0 heterocycles. The minimum Gasteiger partial charge on any atom is -0.497 e. The van der Waals surface area contributed by atoms with Gasteiger partial charge in [-0.2, -0.15) is 4.31 Å². The molecule has 0 bridgehead atoms. The van der Waals surface area contributed by atoms with E-state index in [2.05, 4.69) is 0 Å². The first kappa shape index (κ1) is 22.3. The van der Waals surface area contributed by atoms with Gasteiger partial charge in [0.15, 0.2) is 0 Å². The molecular weight excluding hydrogens is 444 g/mol. The van der Waals surface area contributed by atoms with Crippen LogP contribution in [0.4, 0.5) is 11.4 Å². The van der Waals surface area contributed by atoms with E-state index in [1.54, 1.807) is 0 Å². The lowest BCUT2D eigenvalue weighted by atomic mass is 10.1. The summed E-state index contributed by atoms with van der Waals surface area (Å²) < 4.78 is 32.5. The van der Waals surface area contributed by atoms with Gasteiger partial charge in [-0.15, -0.1) is 0 Å². The molecule has 1 amide bonds. The highest BCUT2D eigenvalue weighted by Gasteiger charge is 2.33. The van der Waals surface area contributed by atoms with Crippen molar-refractivity contribution in [3.63, 3.8) is 0 Å². The Labute approximate surface area is 183 Å². The Balaban J connectivity index is 2.18. The molecule has 0 atom stereocenters. The maximum atomic E-state index is 13.4. The highest BCUT2D eigenvalue weighted by molar-refractivity contribution is 7.93. The average molecular weight is 461 g/mol. The molecule has 10 heteroatoms. The zero-order chi connectivity index (χ0) is 22.8. The summed E-state index contributed by atoms with van der Waals surface area (Å²) in [6.07, 6.45) is 0. The summed E-state index contributed by atoms with van der Waals surface area (Å²) in [5.74, 6) is -0.478. The monoisotopic (exact) mass is 460 g/mol. The number of sulfonamides is 1. The van der Waals surface area contributed by atoms with Crippen LogP contribution in [0.2, 0.25) is 5.02 Å². The van der Waals surface area contributed by atoms with Crippen LogP contribution in [-0.2, 0) is 10.0 Å². The number of amides is 1. The number of nitro benzene ring substituents is 1. The first-order chi connectivity index (χ1) is 14.6. The summed E-state index contributed by atoms with van der Waals surface area (Å²) in [5, 5.41) is 11.6. The van der Waals surface area contributed by atoms with Crippen molar-refractivity contribution in [2.45, 2.75) is 11.8 Å². The van der Waals surface area contributed by atoms with Crippen LogP contribution >= 0.6 is 11.6 Å². The normalized spacial score (nSPS) is 11.1. The van der Waals surface area contributed by atoms with Gasteiger partial charge in [-0.3, -0.25) is 14.9 Å². The van der Waals surface area contributed by atoms with Crippen molar-refractivity contribution >= 4 is 38.9 Å². The molecule has 8 nitrogen and oxygen atoms in total. The Morgan fingerprint density at radius 1 is 1.03 bits per heavy atom. The van der Waals surface area contributed by atoms with Crippen LogP contribution < -0.4 is 9.04 Å². The maximum Gasteiger partial charge on any atom is 0.273 e. The quantitative estimate of drug-likeness (QED) is 0.393. The zero-order valence-electron chi connectivity index (χ0n) is 16.5. The third-order valence-corrected chi connectivity index (χ3v) is 6.47. The fraction of sp³-hybridized carbons (Fsp3) is 0.0952. The fourth-order valence-corrected chi connectivity index (χ4v) is 4.39. The van der Waals surface area contributed by atoms with E-state index < -0.39 is 20.9 Å². The highest BCUT2D eigenvalue weighted by atomic mass is 35.5. The second-order valence-corrected chi connectivity index (χ2v) is 8.71. The van der Waals surface area contributed by atoms with E-state index in [9.17, 15) is 23.3 Å². The lowest BCUT2D eigenvalue weighted by Crippen LogP contribution is -2.37. The van der Waals surface area contributed by atoms with Crippen LogP contribution in [0.15, 0.2) is 71.6 Å². The minimum absolute atomic E-state index is 0.0454. The number of nitrogens with zero attached hydrogens (tertiary/aromatic N) is 2. The molecule has 3 aromatic rings. The van der Waals surface area contributed by atoms with Gasteiger partial charge >= 0.3 is 0 Å². The first-order valence-corrected chi connectivity index (χ1v) is 10.7. The Hall–Kier alpha value is -3.43. The summed E-state index contributed by atoms with van der Waals surface area (Å²) in [4.78, 5) is 23.8. The number of carbonyl (C=O) groups excluding carboxylic acids is 1. The molecule has 160 valence electrons. The molecule has 0 aliphatic carbocycles. The van der Waals surface area contributed by atoms with Gasteiger partial charge in [0.05, 0.1) is 22.6 Å². The molecule has 0 aliphatic rings. The smallest absolute Gasteiger partial charge is 0.273 e. The number of anilines is 1. The topological polar surface area (TPSA) is 107 Å². The molecular formula is C21H17ClN2O6S. The average Bonchev–Trinajstić information content (AvgIpc) is 2.74. The van der Waals surface area contributed by atoms with Crippen molar-refractivity contribution in [3.8, 4) is 5.75 Å². The second kappa shape index (κ2) is 8.75. The molecule has 0 N–H and O–H groups in total. The van der Waals surface area contributed by atoms with Crippen LogP contribution in [0, 0.1) is 17.0 Å². The number of aryl methyl sites for hydroxylation is 1. The summed E-state index contributed by atoms with van der Waals surface area (Å²) in [5.41, 5.74) is -0.0443. The van der Waals surface area contributed by atoms with Gasteiger partial charge in [0.25, 0.3) is 21.6 Å². The van der Waals surface area contributed by atoms with Gasteiger partial charge in [0.2, 0.25) is 0 Å². The van der Waals surface area contributed by atoms with Crippen molar-refractivity contribution in [2.75, 3.05) is 11.4 Å². The lowest BCUT2D eigenvalue weighted by Gasteiger charge is -2.23. The summed E-state index contributed by atoms with van der Waals surface area (Å²) in [6, 6.07) is 15.0. The molecule has 0 aliphatic heterocycles. The molecule has 31 heavy (non-hydrogen) atoms. The largest absolute Gasteiger partial charge is 0.497 e. The van der Waals surface area contributed by atoms with E-state index >= 15 is 0 Å². The summed E-state index contributed by atoms with van der Waals surface area (Å²) in [7, 11) is -2.91. The molecule has 0 saturated carbocycles. The van der Waals surface area contributed by atoms with Gasteiger partial charge in [0.1, 0.15) is 5.75 Å². The van der Waals surface area contributed by atoms with E-state index in [1.807, 2.05) is 0 Å². The van der Waals surface area contributed by atoms with Crippen LogP contribution in [0.5, 0.6) is 5.75 Å². The van der Waals surface area contributed by atoms with E-state index in [1.165, 1.54) is 74.7 Å². The number of methoxy groups -OCH3 is 1. The molecule has 0 radical (unpaired) electrons. The van der Waals surface area contributed by atoms with E-state index in [0.29, 0.717) is 20.6 Å². The van der Waals surface area contributed by atoms with Gasteiger partial charge < -0.3 is 4.74 Å². The van der Waals surface area contributed by atoms with E-state index in [0.717, 1.165) is 6.07 Å². The van der Waals surface area contributed by atoms with E-state index in [-0.39, 0.29) is 21.8 Å². The molecule has 3 rings (SSSR count). The van der Waals surface area contributed by atoms with Crippen molar-refractivity contribution in [1.82, 2.24) is 0 Å². The van der Waals surface area contributed by atoms with Crippen LogP contribution in [0.3, 0.4) is 0 Å². The second-order valence-electron chi connectivity index (χ2n) is 6.48. The summed E-state index contributed by atoms with van der Waals surface area (Å²) in [6.45, 7) is 1.53. The maximum absolute atomic E-state index is 13.4. The number of halogens is 1. The Bertz CT molecular complexity index is 1240. The van der Waals surface area contributed by atoms with Crippen molar-refractivity contribution in [1.29, 1.82) is 0 Å². The predicted molar refractivity (Wildman–Crippen MR) is 116 cm³/mol. The third-order valence-electron chi connectivity index (χ3n) is 4.50. The Morgan fingerprint density at radius 3 is 2.19 bits per heavy atom. The standard InChI is InChI=1S/C21H17ClN2O6S/c1-14-3-4-15(13-20(14)24(26)27)21(25)23(17-7-9-18(30-2)10-8-17)31(28,29)19-11-5-16(22)6-12-19/h3-13H,1-2H3. The molecule has 0 aromatic heterocycles. The zero-order valence-corrected chi connectivity index (χ0v) is 18.1. The number of carbonyl (C=O) groups is 1. The van der Waals surface area contributed by atoms with Crippen LogP contribution in [0.1, 0.15) is 15.9 Å². The van der Waals surface area contributed by atoms with Gasteiger partial charge in [-0.1, -0.05) is 17.7 Å². The number of ether oxygens (including phenoxy) is 1. The molecule has 0 unspecified atom stereocenters. The number of rotatable bonds is 6. The number of benzene rings is 3. The first-order valence-electron chi connectivity index (χ1n) is 8.89. The van der Waals surface area contributed by atoms with E-state index in [4.69, 9.17) is 16.3 Å². The highest BCUT2D eigenvalue weighted by Crippen LogP contribution is 2.29. The van der Waals surface area contributed by atoms with Gasteiger partial charge in [-0.25, -0.2) is 8.42 Å². The fourth-order valence-electron chi connectivity index (χ4n) is 2.85. The van der Waals surface area contributed by atoms with Crippen molar-refractivity contribution < 1.29 is 22.9 Å². The van der Waals surface area contributed by atoms with Crippen LogP contribution in [0.25, 0.3) is 0 Å². The van der Waals surface area contributed by atoms with Gasteiger partial charge in [0, 0.05) is 22.2 Å². The Morgan fingerprint density at radius 2 is 1.65 bits per heavy atom. The Kier molecular flexibility index (Phi) is 6.28. The molecule has 3 aromatic carbocycles. The van der Waals surface area contributed by atoms with Gasteiger partial charge in [-0.05, 0) is 61.5 Å². The number of hydrogen-bond acceptors (Lipinski definition) is 6. The molecule has 0 spiro atoms. The van der Waals surface area contributed by atoms with Crippen molar-refractivity contribution in [2.24, 2.45) is 0 Å². The molecule has 0 fully saturated rings. The summed E-state index contributed by atoms with van der Waals surface area (Å²) >= 11 is 5.86. The number of hydrogen-bond donors (Lipinski definition) is 0. The lowest BCUT2D eigenvalue weighted by molar-refractivity contribution is -0.385. The third kappa shape index (κ3) is 4.52. The SMILES string of the molecule is COc1ccc(N(C(=O)c2ccc(C)c([N+](=O)[O-])c2)S(=O)(=O)c2ccc(Cl)cc2)cc1. The number of nitro groups is 1. The predicted octanol–water partition coefficient (Wildman–Crippen LogP) is 4.60. The minimum atomic E-state index is -4.37. The van der Waals surface area contributed by atoms with Crippen LogP contribution in [-0.4, -0.2) is 26.4 Å². The molecule has 0 saturated heterocycles. The van der Waals surface area contributed by atoms with Crippen molar-refractivity contribution in [3.05, 3.63) is 93.0 Å².